The van der Waals surface area contributed by atoms with Gasteiger partial charge in [-0.1, -0.05) is 32.9 Å². The third-order valence-electron chi connectivity index (χ3n) is 6.33. The third-order valence-corrected chi connectivity index (χ3v) is 6.33. The van der Waals surface area contributed by atoms with E-state index in [1.165, 1.54) is 11.8 Å². The first-order valence-corrected chi connectivity index (χ1v) is 11.6. The lowest BCUT2D eigenvalue weighted by Gasteiger charge is -2.28. The van der Waals surface area contributed by atoms with Gasteiger partial charge in [0.2, 0.25) is 5.76 Å². The second-order valence-corrected chi connectivity index (χ2v) is 9.78. The number of carboxylic acids is 1. The maximum Gasteiger partial charge on any atom is 0.372 e. The summed E-state index contributed by atoms with van der Waals surface area (Å²) in [7, 11) is 0. The second-order valence-electron chi connectivity index (χ2n) is 9.78. The van der Waals surface area contributed by atoms with Gasteiger partial charge in [-0.25, -0.2) is 4.79 Å². The standard InChI is InChI=1S/C27H31NO6/c1-26(2,3)20-5-7-21(8-6-20)32-16-13-28-12-9-19(17-23(28)29)18-27(11-4-14-34-27)22-10-15-33-24(22)25(30)31/h5-10,12,15,17H,4,11,13-14,16,18H2,1-3H3,(H,30,31). The molecule has 0 aliphatic carbocycles. The zero-order valence-corrected chi connectivity index (χ0v) is 19.9. The van der Waals surface area contributed by atoms with E-state index in [-0.39, 0.29) is 16.7 Å². The Balaban J connectivity index is 1.42. The molecule has 0 bridgehead atoms. The smallest absolute Gasteiger partial charge is 0.372 e. The summed E-state index contributed by atoms with van der Waals surface area (Å²) < 4.78 is 18.7. The van der Waals surface area contributed by atoms with Crippen LogP contribution in [0.25, 0.3) is 0 Å². The van der Waals surface area contributed by atoms with Gasteiger partial charge in [-0.2, -0.15) is 0 Å². The minimum absolute atomic E-state index is 0.0858. The molecule has 1 N–H and O–H groups in total. The molecule has 4 rings (SSSR count). The highest BCUT2D eigenvalue weighted by molar-refractivity contribution is 5.86. The number of hydrogen-bond donors (Lipinski definition) is 1. The van der Waals surface area contributed by atoms with Gasteiger partial charge in [-0.3, -0.25) is 4.79 Å². The Kier molecular flexibility index (Phi) is 6.66. The van der Waals surface area contributed by atoms with E-state index in [1.807, 2.05) is 18.2 Å². The summed E-state index contributed by atoms with van der Waals surface area (Å²) in [6, 6.07) is 13.1. The van der Waals surface area contributed by atoms with Crippen LogP contribution < -0.4 is 10.3 Å². The highest BCUT2D eigenvalue weighted by Crippen LogP contribution is 2.41. The second kappa shape index (κ2) is 9.50. The molecule has 0 radical (unpaired) electrons. The number of hydrogen-bond acceptors (Lipinski definition) is 5. The van der Waals surface area contributed by atoms with Gasteiger partial charge in [-0.15, -0.1) is 0 Å². The normalized spacial score (nSPS) is 18.2. The molecule has 7 heteroatoms. The van der Waals surface area contributed by atoms with Gasteiger partial charge in [0.15, 0.2) is 0 Å². The lowest BCUT2D eigenvalue weighted by atomic mass is 9.85. The molecule has 3 heterocycles. The maximum absolute atomic E-state index is 12.7. The van der Waals surface area contributed by atoms with Crippen LogP contribution in [-0.2, 0) is 28.7 Å². The average molecular weight is 466 g/mol. The van der Waals surface area contributed by atoms with Crippen LogP contribution in [0.3, 0.4) is 0 Å². The molecule has 0 spiro atoms. The number of ether oxygens (including phenoxy) is 2. The summed E-state index contributed by atoms with van der Waals surface area (Å²) in [5.74, 6) is -0.464. The number of rotatable bonds is 8. The summed E-state index contributed by atoms with van der Waals surface area (Å²) in [5.41, 5.74) is 1.70. The molecule has 1 atom stereocenters. The fourth-order valence-corrected chi connectivity index (χ4v) is 4.46. The zero-order chi connectivity index (χ0) is 24.3. The highest BCUT2D eigenvalue weighted by Gasteiger charge is 2.41. The molecular weight excluding hydrogens is 434 g/mol. The third kappa shape index (κ3) is 5.09. The monoisotopic (exact) mass is 465 g/mol. The fraction of sp³-hybridized carbons (Fsp3) is 0.407. The Morgan fingerprint density at radius 2 is 1.94 bits per heavy atom. The minimum Gasteiger partial charge on any atom is -0.492 e. The SMILES string of the molecule is CC(C)(C)c1ccc(OCCn2ccc(CC3(c4ccoc4C(=O)O)CCCO3)cc2=O)cc1. The number of pyridine rings is 1. The zero-order valence-electron chi connectivity index (χ0n) is 19.9. The van der Waals surface area contributed by atoms with Crippen molar-refractivity contribution < 1.29 is 23.8 Å². The van der Waals surface area contributed by atoms with Crippen LogP contribution in [-0.4, -0.2) is 28.9 Å². The maximum atomic E-state index is 12.7. The van der Waals surface area contributed by atoms with E-state index in [4.69, 9.17) is 13.9 Å². The number of benzene rings is 1. The molecule has 0 saturated carbocycles. The molecule has 180 valence electrons. The van der Waals surface area contributed by atoms with E-state index in [9.17, 15) is 14.7 Å². The highest BCUT2D eigenvalue weighted by atomic mass is 16.5. The molecule has 2 aromatic heterocycles. The Bertz CT molecular complexity index is 1190. The molecular formula is C27H31NO6. The van der Waals surface area contributed by atoms with Crippen molar-refractivity contribution >= 4 is 5.97 Å². The summed E-state index contributed by atoms with van der Waals surface area (Å²) in [6.07, 6.45) is 5.00. The summed E-state index contributed by atoms with van der Waals surface area (Å²) in [6.45, 7) is 7.83. The fourth-order valence-electron chi connectivity index (χ4n) is 4.46. The van der Waals surface area contributed by atoms with E-state index in [2.05, 4.69) is 32.9 Å². The number of furan rings is 1. The van der Waals surface area contributed by atoms with Crippen molar-refractivity contribution in [2.45, 2.75) is 57.6 Å². The van der Waals surface area contributed by atoms with Gasteiger partial charge < -0.3 is 23.6 Å². The quantitative estimate of drug-likeness (QED) is 0.516. The average Bonchev–Trinajstić information content (AvgIpc) is 3.45. The first kappa shape index (κ1) is 23.8. The lowest BCUT2D eigenvalue weighted by Crippen LogP contribution is -2.30. The van der Waals surface area contributed by atoms with E-state index < -0.39 is 11.6 Å². The Labute approximate surface area is 198 Å². The molecule has 1 aliphatic heterocycles. The summed E-state index contributed by atoms with van der Waals surface area (Å²) >= 11 is 0. The van der Waals surface area contributed by atoms with Crippen LogP contribution in [0.4, 0.5) is 0 Å². The number of carbonyl (C=O) groups is 1. The lowest BCUT2D eigenvalue weighted by molar-refractivity contribution is -0.00172. The molecule has 0 amide bonds. The molecule has 34 heavy (non-hydrogen) atoms. The van der Waals surface area contributed by atoms with Gasteiger partial charge in [0, 0.05) is 30.9 Å². The molecule has 3 aromatic rings. The van der Waals surface area contributed by atoms with Crippen LogP contribution in [0.15, 0.2) is 64.1 Å². The van der Waals surface area contributed by atoms with Crippen molar-refractivity contribution in [1.82, 2.24) is 4.57 Å². The van der Waals surface area contributed by atoms with E-state index >= 15 is 0 Å². The number of carboxylic acid groups (broad SMARTS) is 1. The Hall–Kier alpha value is -3.32. The molecule has 1 saturated heterocycles. The van der Waals surface area contributed by atoms with Crippen molar-refractivity contribution in [1.29, 1.82) is 0 Å². The summed E-state index contributed by atoms with van der Waals surface area (Å²) in [5, 5.41) is 9.48. The van der Waals surface area contributed by atoms with Gasteiger partial charge in [0.1, 0.15) is 18.0 Å². The van der Waals surface area contributed by atoms with Crippen molar-refractivity contribution in [2.24, 2.45) is 0 Å². The Morgan fingerprint density at radius 3 is 2.56 bits per heavy atom. The predicted molar refractivity (Wildman–Crippen MR) is 128 cm³/mol. The number of aromatic carboxylic acids is 1. The number of nitrogens with zero attached hydrogens (tertiary/aromatic N) is 1. The van der Waals surface area contributed by atoms with E-state index in [0.29, 0.717) is 38.2 Å². The molecule has 1 aromatic carbocycles. The van der Waals surface area contributed by atoms with Crippen molar-refractivity contribution in [3.05, 3.63) is 87.7 Å². The van der Waals surface area contributed by atoms with Crippen LogP contribution in [0.5, 0.6) is 5.75 Å². The van der Waals surface area contributed by atoms with Crippen molar-refractivity contribution in [3.8, 4) is 5.75 Å². The first-order valence-electron chi connectivity index (χ1n) is 11.6. The van der Waals surface area contributed by atoms with E-state index in [0.717, 1.165) is 17.7 Å². The van der Waals surface area contributed by atoms with Crippen LogP contribution in [0.2, 0.25) is 0 Å². The van der Waals surface area contributed by atoms with Crippen molar-refractivity contribution in [2.75, 3.05) is 13.2 Å². The van der Waals surface area contributed by atoms with Crippen LogP contribution in [0.1, 0.15) is 60.9 Å². The predicted octanol–water partition coefficient (Wildman–Crippen LogP) is 4.76. The minimum atomic E-state index is -1.13. The van der Waals surface area contributed by atoms with Gasteiger partial charge in [0.05, 0.1) is 12.8 Å². The molecule has 7 nitrogen and oxygen atoms in total. The first-order chi connectivity index (χ1) is 16.2. The molecule has 1 aliphatic rings. The van der Waals surface area contributed by atoms with Crippen LogP contribution in [0, 0.1) is 0 Å². The van der Waals surface area contributed by atoms with Crippen LogP contribution >= 0.6 is 0 Å². The van der Waals surface area contributed by atoms with Gasteiger partial charge in [-0.05, 0) is 53.6 Å². The molecule has 1 unspecified atom stereocenters. The largest absolute Gasteiger partial charge is 0.492 e. The summed E-state index contributed by atoms with van der Waals surface area (Å²) in [4.78, 5) is 24.3. The topological polar surface area (TPSA) is 90.9 Å². The Morgan fingerprint density at radius 1 is 1.18 bits per heavy atom. The van der Waals surface area contributed by atoms with Crippen molar-refractivity contribution in [3.63, 3.8) is 0 Å². The number of aromatic nitrogens is 1. The van der Waals surface area contributed by atoms with Gasteiger partial charge >= 0.3 is 5.97 Å². The molecule has 1 fully saturated rings. The van der Waals surface area contributed by atoms with Gasteiger partial charge in [0.25, 0.3) is 5.56 Å². The van der Waals surface area contributed by atoms with E-state index in [1.54, 1.807) is 22.9 Å².